The summed E-state index contributed by atoms with van der Waals surface area (Å²) in [7, 11) is 1.69. The van der Waals surface area contributed by atoms with Crippen molar-refractivity contribution in [1.29, 1.82) is 0 Å². The minimum atomic E-state index is 0.529. The van der Waals surface area contributed by atoms with Crippen LogP contribution in [0.5, 0.6) is 5.75 Å². The fraction of sp³-hybridized carbons (Fsp3) is 0.235. The van der Waals surface area contributed by atoms with Crippen molar-refractivity contribution in [1.82, 2.24) is 0 Å². The van der Waals surface area contributed by atoms with E-state index in [0.29, 0.717) is 5.92 Å². The number of benzene rings is 2. The van der Waals surface area contributed by atoms with Gasteiger partial charge in [-0.1, -0.05) is 49.4 Å². The van der Waals surface area contributed by atoms with Crippen molar-refractivity contribution >= 4 is 0 Å². The zero-order chi connectivity index (χ0) is 12.8. The predicted molar refractivity (Wildman–Crippen MR) is 75.7 cm³/mol. The van der Waals surface area contributed by atoms with Crippen molar-refractivity contribution < 1.29 is 4.74 Å². The highest BCUT2D eigenvalue weighted by molar-refractivity contribution is 5.32. The van der Waals surface area contributed by atoms with Crippen LogP contribution in [0, 0.1) is 12.3 Å². The monoisotopic (exact) mass is 239 g/mol. The van der Waals surface area contributed by atoms with Crippen molar-refractivity contribution in [3.05, 3.63) is 72.1 Å². The second-order valence-corrected chi connectivity index (χ2v) is 4.61. The average Bonchev–Trinajstić information content (AvgIpc) is 2.40. The van der Waals surface area contributed by atoms with Crippen LogP contribution in [0.15, 0.2) is 54.6 Å². The Bertz CT molecular complexity index is 459. The first-order chi connectivity index (χ1) is 8.78. The largest absolute Gasteiger partial charge is 0.497 e. The van der Waals surface area contributed by atoms with Crippen LogP contribution in [0.1, 0.15) is 18.1 Å². The molecule has 93 valence electrons. The molecule has 0 bridgehead atoms. The van der Waals surface area contributed by atoms with E-state index in [4.69, 9.17) is 4.74 Å². The summed E-state index contributed by atoms with van der Waals surface area (Å²) in [5.41, 5.74) is 2.63. The number of hydrogen-bond donors (Lipinski definition) is 0. The van der Waals surface area contributed by atoms with Crippen molar-refractivity contribution in [3.8, 4) is 5.75 Å². The quantitative estimate of drug-likeness (QED) is 0.762. The van der Waals surface area contributed by atoms with Crippen LogP contribution < -0.4 is 4.74 Å². The summed E-state index contributed by atoms with van der Waals surface area (Å²) in [6.45, 7) is 2.25. The molecule has 0 fully saturated rings. The molecule has 0 saturated heterocycles. The molecule has 18 heavy (non-hydrogen) atoms. The number of methoxy groups -OCH3 is 1. The lowest BCUT2D eigenvalue weighted by molar-refractivity contribution is 0.414. The third-order valence-electron chi connectivity index (χ3n) is 2.99. The van der Waals surface area contributed by atoms with Gasteiger partial charge in [-0.25, -0.2) is 0 Å². The third-order valence-corrected chi connectivity index (χ3v) is 2.99. The lowest BCUT2D eigenvalue weighted by Crippen LogP contribution is -2.01. The maximum absolute atomic E-state index is 5.16. The molecule has 0 amide bonds. The fourth-order valence-electron chi connectivity index (χ4n) is 2.09. The van der Waals surface area contributed by atoms with Gasteiger partial charge in [0.15, 0.2) is 0 Å². The molecule has 0 aliphatic rings. The summed E-state index contributed by atoms with van der Waals surface area (Å²) in [5.74, 6) is 1.43. The van der Waals surface area contributed by atoms with Gasteiger partial charge in [-0.15, -0.1) is 0 Å². The van der Waals surface area contributed by atoms with Crippen LogP contribution in [0.3, 0.4) is 0 Å². The van der Waals surface area contributed by atoms with Crippen molar-refractivity contribution in [3.63, 3.8) is 0 Å². The van der Waals surface area contributed by atoms with E-state index in [2.05, 4.69) is 55.8 Å². The molecule has 0 N–H and O–H groups in total. The summed E-state index contributed by atoms with van der Waals surface area (Å²) in [6.07, 6.45) is 3.37. The summed E-state index contributed by atoms with van der Waals surface area (Å²) in [6, 6.07) is 18.8. The highest BCUT2D eigenvalue weighted by Crippen LogP contribution is 2.18. The SMILES string of the molecule is COc1ccc([CH]C(C)Cc2ccccc2)cc1. The molecular weight excluding hydrogens is 220 g/mol. The molecule has 2 aromatic rings. The molecule has 0 spiro atoms. The van der Waals surface area contributed by atoms with Gasteiger partial charge in [0.2, 0.25) is 0 Å². The fourth-order valence-corrected chi connectivity index (χ4v) is 2.09. The number of rotatable bonds is 5. The van der Waals surface area contributed by atoms with Crippen LogP contribution in [-0.4, -0.2) is 7.11 Å². The number of hydrogen-bond acceptors (Lipinski definition) is 1. The van der Waals surface area contributed by atoms with Crippen molar-refractivity contribution in [2.24, 2.45) is 5.92 Å². The topological polar surface area (TPSA) is 9.23 Å². The molecule has 0 aliphatic heterocycles. The van der Waals surface area contributed by atoms with Gasteiger partial charge in [0.1, 0.15) is 5.75 Å². The van der Waals surface area contributed by atoms with E-state index in [-0.39, 0.29) is 0 Å². The lowest BCUT2D eigenvalue weighted by atomic mass is 9.94. The van der Waals surface area contributed by atoms with Gasteiger partial charge in [-0.05, 0) is 42.0 Å². The van der Waals surface area contributed by atoms with Gasteiger partial charge in [0.05, 0.1) is 7.11 Å². The predicted octanol–water partition coefficient (Wildman–Crippen LogP) is 4.13. The van der Waals surface area contributed by atoms with Gasteiger partial charge in [-0.2, -0.15) is 0 Å². The van der Waals surface area contributed by atoms with E-state index in [1.807, 2.05) is 12.1 Å². The van der Waals surface area contributed by atoms with Crippen molar-refractivity contribution in [2.45, 2.75) is 13.3 Å². The number of ether oxygens (including phenoxy) is 1. The molecule has 1 unspecified atom stereocenters. The lowest BCUT2D eigenvalue weighted by Gasteiger charge is -2.11. The smallest absolute Gasteiger partial charge is 0.118 e. The Hall–Kier alpha value is -1.76. The second kappa shape index (κ2) is 6.25. The van der Waals surface area contributed by atoms with Crippen LogP contribution in [0.4, 0.5) is 0 Å². The molecule has 0 heterocycles. The Labute approximate surface area is 109 Å². The Morgan fingerprint density at radius 3 is 2.28 bits per heavy atom. The van der Waals surface area contributed by atoms with Crippen molar-refractivity contribution in [2.75, 3.05) is 7.11 Å². The van der Waals surface area contributed by atoms with E-state index < -0.39 is 0 Å². The highest BCUT2D eigenvalue weighted by atomic mass is 16.5. The molecule has 0 saturated carbocycles. The average molecular weight is 239 g/mol. The van der Waals surface area contributed by atoms with Gasteiger partial charge in [0.25, 0.3) is 0 Å². The minimum Gasteiger partial charge on any atom is -0.497 e. The normalized spacial score (nSPS) is 12.1. The Morgan fingerprint density at radius 1 is 1.00 bits per heavy atom. The highest BCUT2D eigenvalue weighted by Gasteiger charge is 2.05. The Kier molecular flexibility index (Phi) is 4.40. The molecule has 1 radical (unpaired) electrons. The summed E-state index contributed by atoms with van der Waals surface area (Å²) < 4.78 is 5.16. The molecule has 2 aromatic carbocycles. The van der Waals surface area contributed by atoms with Gasteiger partial charge in [-0.3, -0.25) is 0 Å². The summed E-state index contributed by atoms with van der Waals surface area (Å²) in [5, 5.41) is 0. The van der Waals surface area contributed by atoms with E-state index >= 15 is 0 Å². The van der Waals surface area contributed by atoms with Gasteiger partial charge in [0, 0.05) is 0 Å². The van der Waals surface area contributed by atoms with Crippen LogP contribution in [0.2, 0.25) is 0 Å². The Morgan fingerprint density at radius 2 is 1.67 bits per heavy atom. The molecule has 0 aliphatic carbocycles. The van der Waals surface area contributed by atoms with E-state index in [9.17, 15) is 0 Å². The van der Waals surface area contributed by atoms with E-state index in [1.165, 1.54) is 11.1 Å². The summed E-state index contributed by atoms with van der Waals surface area (Å²) >= 11 is 0. The molecule has 1 atom stereocenters. The molecule has 1 heteroatoms. The molecule has 0 aromatic heterocycles. The third kappa shape index (κ3) is 3.63. The maximum atomic E-state index is 5.16. The first-order valence-electron chi connectivity index (χ1n) is 6.31. The van der Waals surface area contributed by atoms with Crippen LogP contribution in [-0.2, 0) is 6.42 Å². The van der Waals surface area contributed by atoms with Gasteiger partial charge >= 0.3 is 0 Å². The first-order valence-corrected chi connectivity index (χ1v) is 6.31. The summed E-state index contributed by atoms with van der Waals surface area (Å²) in [4.78, 5) is 0. The zero-order valence-corrected chi connectivity index (χ0v) is 11.0. The minimum absolute atomic E-state index is 0.529. The van der Waals surface area contributed by atoms with E-state index in [0.717, 1.165) is 12.2 Å². The standard InChI is InChI=1S/C17H19O/c1-14(12-15-6-4-3-5-7-15)13-16-8-10-17(18-2)11-9-16/h3-11,13-14H,12H2,1-2H3. The van der Waals surface area contributed by atoms with Crippen LogP contribution >= 0.6 is 0 Å². The molecule has 1 nitrogen and oxygen atoms in total. The van der Waals surface area contributed by atoms with E-state index in [1.54, 1.807) is 7.11 Å². The Balaban J connectivity index is 1.92. The maximum Gasteiger partial charge on any atom is 0.118 e. The molecule has 2 rings (SSSR count). The zero-order valence-electron chi connectivity index (χ0n) is 11.0. The first kappa shape index (κ1) is 12.7. The van der Waals surface area contributed by atoms with Crippen LogP contribution in [0.25, 0.3) is 0 Å². The van der Waals surface area contributed by atoms with Gasteiger partial charge < -0.3 is 4.74 Å². The second-order valence-electron chi connectivity index (χ2n) is 4.61. The molecular formula is C17H19O.